The smallest absolute Gasteiger partial charge is 0.191 e. The lowest BCUT2D eigenvalue weighted by atomic mass is 9.86. The number of benzene rings is 1. The van der Waals surface area contributed by atoms with Gasteiger partial charge in [-0.3, -0.25) is 4.79 Å². The highest BCUT2D eigenvalue weighted by Gasteiger charge is 2.22. The maximum Gasteiger partial charge on any atom is 0.191 e. The Morgan fingerprint density at radius 3 is 2.38 bits per heavy atom. The second kappa shape index (κ2) is 7.95. The molecule has 0 unspecified atom stereocenters. The van der Waals surface area contributed by atoms with Gasteiger partial charge < -0.3 is 4.57 Å². The van der Waals surface area contributed by atoms with E-state index in [9.17, 15) is 4.79 Å². The molecule has 1 aromatic heterocycles. The Morgan fingerprint density at radius 2 is 1.77 bits per heavy atom. The van der Waals surface area contributed by atoms with Gasteiger partial charge in [-0.25, -0.2) is 0 Å². The molecule has 140 valence electrons. The van der Waals surface area contributed by atoms with E-state index in [1.54, 1.807) is 0 Å². The van der Waals surface area contributed by atoms with Gasteiger partial charge >= 0.3 is 0 Å². The molecule has 0 N–H and O–H groups in total. The minimum Gasteiger partial charge on any atom is -0.303 e. The molecule has 0 bridgehead atoms. The van der Waals surface area contributed by atoms with Gasteiger partial charge in [0, 0.05) is 11.6 Å². The van der Waals surface area contributed by atoms with Gasteiger partial charge in [0.05, 0.1) is 5.75 Å². The molecule has 0 spiro atoms. The Hall–Kier alpha value is -1.62. The molecule has 5 heteroatoms. The molecular weight excluding hydrogens is 342 g/mol. The average molecular weight is 372 g/mol. The second-order valence-electron chi connectivity index (χ2n) is 8.23. The van der Waals surface area contributed by atoms with E-state index in [0.717, 1.165) is 16.5 Å². The maximum absolute atomic E-state index is 12.6. The lowest BCUT2D eigenvalue weighted by Gasteiger charge is -2.24. The second-order valence-corrected chi connectivity index (χ2v) is 9.17. The Labute approximate surface area is 160 Å². The lowest BCUT2D eigenvalue weighted by Crippen LogP contribution is -2.16. The molecule has 1 saturated carbocycles. The van der Waals surface area contributed by atoms with Gasteiger partial charge in [-0.15, -0.1) is 10.2 Å². The highest BCUT2D eigenvalue weighted by atomic mass is 32.2. The number of ketones is 1. The van der Waals surface area contributed by atoms with Crippen molar-refractivity contribution >= 4 is 17.5 Å². The predicted molar refractivity (Wildman–Crippen MR) is 107 cm³/mol. The molecule has 2 aromatic rings. The van der Waals surface area contributed by atoms with Crippen LogP contribution in [0.25, 0.3) is 0 Å². The zero-order valence-electron chi connectivity index (χ0n) is 16.3. The van der Waals surface area contributed by atoms with Crippen LogP contribution in [0.3, 0.4) is 0 Å². The number of hydrogen-bond donors (Lipinski definition) is 0. The molecule has 26 heavy (non-hydrogen) atoms. The van der Waals surface area contributed by atoms with Crippen molar-refractivity contribution in [1.82, 2.24) is 14.8 Å². The summed E-state index contributed by atoms with van der Waals surface area (Å²) in [5, 5.41) is 9.47. The van der Waals surface area contributed by atoms with Gasteiger partial charge in [-0.05, 0) is 30.7 Å². The van der Waals surface area contributed by atoms with Crippen LogP contribution in [0.2, 0.25) is 0 Å². The van der Waals surface area contributed by atoms with Crippen LogP contribution in [0.1, 0.15) is 80.7 Å². The molecule has 1 heterocycles. The number of carbonyl (C=O) groups excluding carboxylic acids is 1. The van der Waals surface area contributed by atoms with E-state index in [0.29, 0.717) is 11.8 Å². The largest absolute Gasteiger partial charge is 0.303 e. The summed E-state index contributed by atoms with van der Waals surface area (Å²) in [6, 6.07) is 8.50. The maximum atomic E-state index is 12.6. The summed E-state index contributed by atoms with van der Waals surface area (Å²) in [5.41, 5.74) is 2.12. The van der Waals surface area contributed by atoms with E-state index in [1.807, 2.05) is 19.1 Å². The fourth-order valence-corrected chi connectivity index (χ4v) is 4.52. The number of carbonyl (C=O) groups is 1. The van der Waals surface area contributed by atoms with Gasteiger partial charge in [0.1, 0.15) is 5.82 Å². The highest BCUT2D eigenvalue weighted by molar-refractivity contribution is 7.99. The molecule has 0 saturated heterocycles. The van der Waals surface area contributed by atoms with Gasteiger partial charge in [-0.2, -0.15) is 0 Å². The first-order chi connectivity index (χ1) is 12.4. The average Bonchev–Trinajstić information content (AvgIpc) is 3.00. The predicted octanol–water partition coefficient (Wildman–Crippen LogP) is 5.36. The molecule has 0 amide bonds. The standard InChI is InChI=1S/C21H29N3OS/c1-15-22-23-20(24(15)18-8-6-5-7-9-18)26-14-19(25)16-10-12-17(13-11-16)21(2,3)4/h10-13,18H,5-9,14H2,1-4H3. The first-order valence-corrected chi connectivity index (χ1v) is 10.5. The quantitative estimate of drug-likeness (QED) is 0.524. The molecule has 1 aromatic carbocycles. The number of thioether (sulfide) groups is 1. The van der Waals surface area contributed by atoms with Gasteiger partial charge in [-0.1, -0.05) is 76.1 Å². The number of rotatable bonds is 5. The van der Waals surface area contributed by atoms with E-state index in [-0.39, 0.29) is 11.2 Å². The molecule has 4 nitrogen and oxygen atoms in total. The minimum absolute atomic E-state index is 0.101. The monoisotopic (exact) mass is 371 g/mol. The van der Waals surface area contributed by atoms with E-state index < -0.39 is 0 Å². The van der Waals surface area contributed by atoms with Crippen molar-refractivity contribution in [2.75, 3.05) is 5.75 Å². The molecule has 0 radical (unpaired) electrons. The topological polar surface area (TPSA) is 47.8 Å². The van der Waals surface area contributed by atoms with Gasteiger partial charge in [0.2, 0.25) is 0 Å². The zero-order chi connectivity index (χ0) is 18.7. The van der Waals surface area contributed by atoms with Crippen molar-refractivity contribution in [2.45, 2.75) is 76.4 Å². The molecule has 0 aliphatic heterocycles. The van der Waals surface area contributed by atoms with Gasteiger partial charge in [0.15, 0.2) is 10.9 Å². The van der Waals surface area contributed by atoms with Crippen molar-refractivity contribution in [3.05, 3.63) is 41.2 Å². The Morgan fingerprint density at radius 1 is 1.12 bits per heavy atom. The molecule has 3 rings (SSSR count). The third kappa shape index (κ3) is 4.37. The summed E-state index contributed by atoms with van der Waals surface area (Å²) in [6.45, 7) is 8.55. The molecule has 0 atom stereocenters. The fourth-order valence-electron chi connectivity index (χ4n) is 3.58. The van der Waals surface area contributed by atoms with E-state index in [2.05, 4.69) is 47.7 Å². The van der Waals surface area contributed by atoms with Crippen LogP contribution in [0, 0.1) is 6.92 Å². The summed E-state index contributed by atoms with van der Waals surface area (Å²) in [6.07, 6.45) is 6.24. The van der Waals surface area contributed by atoms with Gasteiger partial charge in [0.25, 0.3) is 0 Å². The molecule has 1 aliphatic rings. The van der Waals surface area contributed by atoms with Crippen molar-refractivity contribution in [2.24, 2.45) is 0 Å². The Kier molecular flexibility index (Phi) is 5.86. The van der Waals surface area contributed by atoms with Crippen LogP contribution in [0.15, 0.2) is 29.4 Å². The summed E-state index contributed by atoms with van der Waals surface area (Å²) < 4.78 is 2.25. The van der Waals surface area contributed by atoms with Crippen molar-refractivity contribution < 1.29 is 4.79 Å². The number of nitrogens with zero attached hydrogens (tertiary/aromatic N) is 3. The summed E-state index contributed by atoms with van der Waals surface area (Å²) in [4.78, 5) is 12.6. The third-order valence-electron chi connectivity index (χ3n) is 5.18. The number of Topliss-reactive ketones (excluding diaryl/α,β-unsaturated/α-hetero) is 1. The van der Waals surface area contributed by atoms with E-state index in [1.165, 1.54) is 49.4 Å². The van der Waals surface area contributed by atoms with E-state index in [4.69, 9.17) is 0 Å². The lowest BCUT2D eigenvalue weighted by molar-refractivity contribution is 0.102. The normalized spacial score (nSPS) is 16.0. The Balaban J connectivity index is 1.66. The minimum atomic E-state index is 0.101. The molecule has 1 fully saturated rings. The SMILES string of the molecule is Cc1nnc(SCC(=O)c2ccc(C(C)(C)C)cc2)n1C1CCCCC1. The van der Waals surface area contributed by atoms with Crippen LogP contribution in [0.4, 0.5) is 0 Å². The summed E-state index contributed by atoms with van der Waals surface area (Å²) >= 11 is 1.51. The highest BCUT2D eigenvalue weighted by Crippen LogP contribution is 2.32. The van der Waals surface area contributed by atoms with Crippen LogP contribution in [-0.2, 0) is 5.41 Å². The molecule has 1 aliphatic carbocycles. The first-order valence-electron chi connectivity index (χ1n) is 9.54. The molecular formula is C21H29N3OS. The number of aryl methyl sites for hydroxylation is 1. The fraction of sp³-hybridized carbons (Fsp3) is 0.571. The summed E-state index contributed by atoms with van der Waals surface area (Å²) in [5.74, 6) is 1.51. The van der Waals surface area contributed by atoms with Crippen LogP contribution < -0.4 is 0 Å². The number of hydrogen-bond acceptors (Lipinski definition) is 4. The van der Waals surface area contributed by atoms with Crippen LogP contribution in [0.5, 0.6) is 0 Å². The first kappa shape index (κ1) is 19.2. The van der Waals surface area contributed by atoms with Crippen molar-refractivity contribution in [1.29, 1.82) is 0 Å². The van der Waals surface area contributed by atoms with Crippen LogP contribution >= 0.6 is 11.8 Å². The van der Waals surface area contributed by atoms with Crippen LogP contribution in [-0.4, -0.2) is 26.3 Å². The summed E-state index contributed by atoms with van der Waals surface area (Å²) in [7, 11) is 0. The zero-order valence-corrected chi connectivity index (χ0v) is 17.1. The number of aromatic nitrogens is 3. The Bertz CT molecular complexity index is 753. The van der Waals surface area contributed by atoms with E-state index >= 15 is 0 Å². The van der Waals surface area contributed by atoms with Crippen molar-refractivity contribution in [3.8, 4) is 0 Å². The third-order valence-corrected chi connectivity index (χ3v) is 6.12. The van der Waals surface area contributed by atoms with Crippen molar-refractivity contribution in [3.63, 3.8) is 0 Å².